The van der Waals surface area contributed by atoms with Crippen LogP contribution in [-0.2, 0) is 16.0 Å². The second kappa shape index (κ2) is 11.1. The van der Waals surface area contributed by atoms with Crippen molar-refractivity contribution in [3.8, 4) is 0 Å². The molecular formula is C33H32N2O4. The van der Waals surface area contributed by atoms with Crippen molar-refractivity contribution in [2.45, 2.75) is 37.3 Å². The maximum absolute atomic E-state index is 14.8. The SMILES string of the molecule is CC[C@@H]1C=C[C@@H]2C=CN([C@@H](Cc3ccccc3)C(=O)O)C(=O)[C@]2(NC(=O)c2ccccc2)[C@H]1c1ccccc1. The summed E-state index contributed by atoms with van der Waals surface area (Å²) >= 11 is 0. The monoisotopic (exact) mass is 520 g/mol. The Kier molecular flexibility index (Phi) is 7.46. The van der Waals surface area contributed by atoms with Crippen LogP contribution in [0.4, 0.5) is 0 Å². The third-order valence-electron chi connectivity index (χ3n) is 7.93. The van der Waals surface area contributed by atoms with Gasteiger partial charge in [-0.1, -0.05) is 104 Å². The van der Waals surface area contributed by atoms with E-state index >= 15 is 0 Å². The van der Waals surface area contributed by atoms with Crippen molar-refractivity contribution in [3.05, 3.63) is 132 Å². The lowest BCUT2D eigenvalue weighted by atomic mass is 9.60. The molecule has 2 amide bonds. The first-order valence-electron chi connectivity index (χ1n) is 13.3. The van der Waals surface area contributed by atoms with Crippen LogP contribution in [-0.4, -0.2) is 39.4 Å². The summed E-state index contributed by atoms with van der Waals surface area (Å²) in [6.45, 7) is 2.06. The van der Waals surface area contributed by atoms with E-state index in [1.165, 1.54) is 4.90 Å². The fourth-order valence-electron chi connectivity index (χ4n) is 6.02. The predicted molar refractivity (Wildman–Crippen MR) is 150 cm³/mol. The number of allylic oxidation sites excluding steroid dienone is 1. The molecule has 3 aromatic rings. The average Bonchev–Trinajstić information content (AvgIpc) is 2.97. The summed E-state index contributed by atoms with van der Waals surface area (Å²) in [6, 6.07) is 26.7. The first-order chi connectivity index (χ1) is 19.0. The van der Waals surface area contributed by atoms with E-state index in [1.807, 2.05) is 78.9 Å². The topological polar surface area (TPSA) is 86.7 Å². The van der Waals surface area contributed by atoms with Gasteiger partial charge in [0.2, 0.25) is 0 Å². The number of fused-ring (bicyclic) bond motifs is 1. The fraction of sp³-hybridized carbons (Fsp3) is 0.242. The molecule has 0 bridgehead atoms. The predicted octanol–water partition coefficient (Wildman–Crippen LogP) is 5.20. The van der Waals surface area contributed by atoms with Gasteiger partial charge in [0, 0.05) is 30.0 Å². The molecule has 5 atom stereocenters. The zero-order valence-corrected chi connectivity index (χ0v) is 21.8. The van der Waals surface area contributed by atoms with Crippen molar-refractivity contribution < 1.29 is 19.5 Å². The average molecular weight is 521 g/mol. The third kappa shape index (κ3) is 4.90. The second-order valence-corrected chi connectivity index (χ2v) is 10.2. The molecule has 0 fully saturated rings. The molecule has 2 N–H and O–H groups in total. The highest BCUT2D eigenvalue weighted by molar-refractivity contribution is 6.02. The highest BCUT2D eigenvalue weighted by Crippen LogP contribution is 2.49. The van der Waals surface area contributed by atoms with Crippen molar-refractivity contribution >= 4 is 17.8 Å². The molecule has 0 saturated carbocycles. The molecule has 6 nitrogen and oxygen atoms in total. The number of carbonyl (C=O) groups excluding carboxylic acids is 2. The Hall–Kier alpha value is -4.45. The van der Waals surface area contributed by atoms with Gasteiger partial charge in [-0.25, -0.2) is 4.79 Å². The van der Waals surface area contributed by atoms with Gasteiger partial charge in [0.1, 0.15) is 11.6 Å². The minimum absolute atomic E-state index is 0.0468. The maximum Gasteiger partial charge on any atom is 0.327 e. The number of hydrogen-bond acceptors (Lipinski definition) is 3. The number of carbonyl (C=O) groups is 3. The minimum Gasteiger partial charge on any atom is -0.480 e. The number of amides is 2. The largest absolute Gasteiger partial charge is 0.480 e. The quantitative estimate of drug-likeness (QED) is 0.400. The van der Waals surface area contributed by atoms with Crippen LogP contribution >= 0.6 is 0 Å². The summed E-state index contributed by atoms with van der Waals surface area (Å²) in [5, 5.41) is 13.5. The number of nitrogens with zero attached hydrogens (tertiary/aromatic N) is 1. The van der Waals surface area contributed by atoms with Gasteiger partial charge in [-0.15, -0.1) is 0 Å². The van der Waals surface area contributed by atoms with Crippen LogP contribution in [0.2, 0.25) is 0 Å². The Morgan fingerprint density at radius 2 is 1.51 bits per heavy atom. The Labute approximate surface area is 228 Å². The second-order valence-electron chi connectivity index (χ2n) is 10.2. The van der Waals surface area contributed by atoms with E-state index in [0.717, 1.165) is 17.5 Å². The number of nitrogens with one attached hydrogen (secondary N) is 1. The van der Waals surface area contributed by atoms with Gasteiger partial charge in [0.25, 0.3) is 11.8 Å². The molecule has 1 heterocycles. The van der Waals surface area contributed by atoms with Crippen molar-refractivity contribution in [1.29, 1.82) is 0 Å². The van der Waals surface area contributed by atoms with Crippen LogP contribution in [0, 0.1) is 11.8 Å². The maximum atomic E-state index is 14.8. The number of carboxylic acids is 1. The molecule has 198 valence electrons. The molecule has 0 unspecified atom stereocenters. The molecule has 0 radical (unpaired) electrons. The van der Waals surface area contributed by atoms with Gasteiger partial charge in [-0.05, 0) is 35.6 Å². The van der Waals surface area contributed by atoms with Gasteiger partial charge in [0.15, 0.2) is 0 Å². The summed E-state index contributed by atoms with van der Waals surface area (Å²) in [7, 11) is 0. The van der Waals surface area contributed by atoms with Crippen LogP contribution in [0.25, 0.3) is 0 Å². The molecule has 5 rings (SSSR count). The number of aliphatic carboxylic acids is 1. The zero-order chi connectivity index (χ0) is 27.4. The molecule has 3 aromatic carbocycles. The molecule has 1 aliphatic carbocycles. The Balaban J connectivity index is 1.65. The molecule has 1 aliphatic heterocycles. The van der Waals surface area contributed by atoms with Gasteiger partial charge in [-0.3, -0.25) is 9.59 Å². The van der Waals surface area contributed by atoms with Gasteiger partial charge in [0.05, 0.1) is 0 Å². The lowest BCUT2D eigenvalue weighted by molar-refractivity contribution is -0.152. The van der Waals surface area contributed by atoms with Crippen LogP contribution < -0.4 is 5.32 Å². The van der Waals surface area contributed by atoms with E-state index in [9.17, 15) is 19.5 Å². The first-order valence-corrected chi connectivity index (χ1v) is 13.3. The Morgan fingerprint density at radius 3 is 2.13 bits per heavy atom. The first kappa shape index (κ1) is 26.2. The lowest BCUT2D eigenvalue weighted by Crippen LogP contribution is -2.70. The van der Waals surface area contributed by atoms with E-state index < -0.39 is 35.3 Å². The molecule has 0 spiro atoms. The number of rotatable bonds is 8. The standard InChI is InChI=1S/C33H32N2O4/c1-2-24-18-19-27-20-21-35(28(31(37)38)22-23-12-6-3-7-13-23)32(39)33(27,29(24)25-14-8-4-9-15-25)34-30(36)26-16-10-5-11-17-26/h3-21,24,27-29H,2,22H2,1H3,(H,34,36)(H,37,38)/t24-,27-,28+,29-,33-/m1/s1. The summed E-state index contributed by atoms with van der Waals surface area (Å²) in [6.07, 6.45) is 8.43. The Morgan fingerprint density at radius 1 is 0.897 bits per heavy atom. The van der Waals surface area contributed by atoms with E-state index in [-0.39, 0.29) is 18.2 Å². The third-order valence-corrected chi connectivity index (χ3v) is 7.93. The summed E-state index contributed by atoms with van der Waals surface area (Å²) in [5.74, 6) is -2.79. The van der Waals surface area contributed by atoms with Crippen molar-refractivity contribution in [3.63, 3.8) is 0 Å². The molecule has 0 aromatic heterocycles. The van der Waals surface area contributed by atoms with Gasteiger partial charge in [-0.2, -0.15) is 0 Å². The molecule has 6 heteroatoms. The number of carboxylic acid groups (broad SMARTS) is 1. The molecule has 39 heavy (non-hydrogen) atoms. The summed E-state index contributed by atoms with van der Waals surface area (Å²) in [5.41, 5.74) is 0.756. The molecule has 2 aliphatic rings. The zero-order valence-electron chi connectivity index (χ0n) is 21.8. The van der Waals surface area contributed by atoms with Gasteiger partial charge < -0.3 is 15.3 Å². The van der Waals surface area contributed by atoms with Crippen LogP contribution in [0.15, 0.2) is 115 Å². The van der Waals surface area contributed by atoms with Crippen LogP contribution in [0.5, 0.6) is 0 Å². The Bertz CT molecular complexity index is 1390. The van der Waals surface area contributed by atoms with E-state index in [2.05, 4.69) is 18.3 Å². The minimum atomic E-state index is -1.41. The summed E-state index contributed by atoms with van der Waals surface area (Å²) in [4.78, 5) is 42.4. The van der Waals surface area contributed by atoms with E-state index in [0.29, 0.717) is 5.56 Å². The number of benzene rings is 3. The normalized spacial score (nSPS) is 24.6. The lowest BCUT2D eigenvalue weighted by Gasteiger charge is -2.52. The molecular weight excluding hydrogens is 488 g/mol. The smallest absolute Gasteiger partial charge is 0.327 e. The van der Waals surface area contributed by atoms with E-state index in [1.54, 1.807) is 30.5 Å². The van der Waals surface area contributed by atoms with Crippen LogP contribution in [0.3, 0.4) is 0 Å². The van der Waals surface area contributed by atoms with Crippen molar-refractivity contribution in [2.75, 3.05) is 0 Å². The van der Waals surface area contributed by atoms with Gasteiger partial charge >= 0.3 is 5.97 Å². The molecule has 0 saturated heterocycles. The summed E-state index contributed by atoms with van der Waals surface area (Å²) < 4.78 is 0. The highest BCUT2D eigenvalue weighted by Gasteiger charge is 2.59. The highest BCUT2D eigenvalue weighted by atomic mass is 16.4. The van der Waals surface area contributed by atoms with Crippen molar-refractivity contribution in [1.82, 2.24) is 10.2 Å². The fourth-order valence-corrected chi connectivity index (χ4v) is 6.02. The number of hydrogen-bond donors (Lipinski definition) is 2. The van der Waals surface area contributed by atoms with E-state index in [4.69, 9.17) is 0 Å². The van der Waals surface area contributed by atoms with Crippen LogP contribution in [0.1, 0.15) is 40.7 Å². The van der Waals surface area contributed by atoms with Crippen molar-refractivity contribution in [2.24, 2.45) is 11.8 Å².